The molecule has 1 unspecified atom stereocenters. The van der Waals surface area contributed by atoms with E-state index in [9.17, 15) is 13.2 Å². The third-order valence-corrected chi connectivity index (χ3v) is 1.59. The summed E-state index contributed by atoms with van der Waals surface area (Å²) in [6, 6.07) is 1.14. The molecule has 1 atom stereocenters. The predicted octanol–water partition coefficient (Wildman–Crippen LogP) is 0.771. The molecule has 1 rings (SSSR count). The molecule has 0 spiro atoms. The summed E-state index contributed by atoms with van der Waals surface area (Å²) in [5, 5.41) is 10.3. The van der Waals surface area contributed by atoms with Crippen molar-refractivity contribution in [3.8, 4) is 6.07 Å². The maximum atomic E-state index is 12.4. The number of alkyl halides is 3. The van der Waals surface area contributed by atoms with E-state index in [2.05, 4.69) is 0 Å². The van der Waals surface area contributed by atoms with Crippen molar-refractivity contribution in [2.75, 3.05) is 0 Å². The molecular weight excluding hydrogens is 183 g/mol. The monoisotopic (exact) mass is 189 g/mol. The highest BCUT2D eigenvalue weighted by Gasteiger charge is 2.55. The summed E-state index contributed by atoms with van der Waals surface area (Å²) < 4.78 is 37.1. The standard InChI is InChI=1S/C7H6F3N3/c8-7(9,10)6(4-11)3-1-2-5(12)13-6/h1-3,13H,12H2. The number of hydrogen-bond donors (Lipinski definition) is 2. The van der Waals surface area contributed by atoms with Gasteiger partial charge < -0.3 is 11.1 Å². The Kier molecular flexibility index (Phi) is 1.96. The van der Waals surface area contributed by atoms with Crippen molar-refractivity contribution in [1.29, 1.82) is 5.26 Å². The molecule has 0 amide bonds. The van der Waals surface area contributed by atoms with Crippen molar-refractivity contribution in [2.24, 2.45) is 5.73 Å². The molecule has 0 radical (unpaired) electrons. The summed E-state index contributed by atoms with van der Waals surface area (Å²) in [4.78, 5) is 0. The van der Waals surface area contributed by atoms with Crippen LogP contribution >= 0.6 is 0 Å². The third-order valence-electron chi connectivity index (χ3n) is 1.59. The third kappa shape index (κ3) is 1.45. The highest BCUT2D eigenvalue weighted by Crippen LogP contribution is 2.32. The van der Waals surface area contributed by atoms with Crippen molar-refractivity contribution >= 4 is 0 Å². The Balaban J connectivity index is 3.07. The lowest BCUT2D eigenvalue weighted by Gasteiger charge is -2.29. The van der Waals surface area contributed by atoms with Gasteiger partial charge >= 0.3 is 6.18 Å². The van der Waals surface area contributed by atoms with Gasteiger partial charge in [0.2, 0.25) is 5.54 Å². The summed E-state index contributed by atoms with van der Waals surface area (Å²) in [6.07, 6.45) is -1.61. The largest absolute Gasteiger partial charge is 0.428 e. The quantitative estimate of drug-likeness (QED) is 0.591. The molecule has 1 aliphatic heterocycles. The van der Waals surface area contributed by atoms with E-state index < -0.39 is 11.7 Å². The van der Waals surface area contributed by atoms with Gasteiger partial charge in [0, 0.05) is 0 Å². The highest BCUT2D eigenvalue weighted by molar-refractivity contribution is 5.33. The molecule has 70 valence electrons. The summed E-state index contributed by atoms with van der Waals surface area (Å²) in [5.74, 6) is -0.179. The van der Waals surface area contributed by atoms with Crippen LogP contribution in [0.3, 0.4) is 0 Å². The second kappa shape index (κ2) is 2.69. The highest BCUT2D eigenvalue weighted by atomic mass is 19.4. The van der Waals surface area contributed by atoms with Crippen LogP contribution in [0.2, 0.25) is 0 Å². The van der Waals surface area contributed by atoms with E-state index in [1.54, 1.807) is 0 Å². The molecule has 0 aromatic rings. The second-order valence-electron chi connectivity index (χ2n) is 2.52. The van der Waals surface area contributed by atoms with Crippen LogP contribution in [0.25, 0.3) is 0 Å². The van der Waals surface area contributed by atoms with Gasteiger partial charge in [-0.1, -0.05) is 6.08 Å². The van der Waals surface area contributed by atoms with E-state index in [0.29, 0.717) is 0 Å². The first kappa shape index (κ1) is 9.45. The summed E-state index contributed by atoms with van der Waals surface area (Å²) in [5.41, 5.74) is 2.44. The van der Waals surface area contributed by atoms with E-state index in [1.807, 2.05) is 5.32 Å². The Morgan fingerprint density at radius 2 is 2.15 bits per heavy atom. The van der Waals surface area contributed by atoms with Crippen molar-refractivity contribution in [3.63, 3.8) is 0 Å². The van der Waals surface area contributed by atoms with Gasteiger partial charge in [-0.05, 0) is 12.2 Å². The maximum Gasteiger partial charge on any atom is 0.428 e. The molecule has 0 aromatic heterocycles. The van der Waals surface area contributed by atoms with Gasteiger partial charge in [0.25, 0.3) is 0 Å². The normalized spacial score (nSPS) is 27.4. The van der Waals surface area contributed by atoms with Gasteiger partial charge in [0.1, 0.15) is 6.07 Å². The van der Waals surface area contributed by atoms with Crippen LogP contribution in [0, 0.1) is 11.3 Å². The molecule has 0 aliphatic carbocycles. The average molecular weight is 189 g/mol. The molecule has 0 aromatic carbocycles. The van der Waals surface area contributed by atoms with Gasteiger partial charge in [0.15, 0.2) is 0 Å². The molecule has 0 saturated heterocycles. The lowest BCUT2D eigenvalue weighted by atomic mass is 9.98. The van der Waals surface area contributed by atoms with Crippen molar-refractivity contribution in [3.05, 3.63) is 24.0 Å². The number of halogens is 3. The van der Waals surface area contributed by atoms with Crippen LogP contribution in [0.5, 0.6) is 0 Å². The van der Waals surface area contributed by atoms with E-state index >= 15 is 0 Å². The Hall–Kier alpha value is -1.64. The molecule has 0 saturated carbocycles. The van der Waals surface area contributed by atoms with E-state index in [4.69, 9.17) is 11.0 Å². The zero-order chi connectivity index (χ0) is 10.1. The molecule has 0 fully saturated rings. The van der Waals surface area contributed by atoms with E-state index in [0.717, 1.165) is 18.2 Å². The topological polar surface area (TPSA) is 61.8 Å². The second-order valence-corrected chi connectivity index (χ2v) is 2.52. The van der Waals surface area contributed by atoms with Crippen LogP contribution < -0.4 is 11.1 Å². The Morgan fingerprint density at radius 3 is 2.46 bits per heavy atom. The molecule has 6 heteroatoms. The molecule has 1 aliphatic rings. The number of allylic oxidation sites excluding steroid dienone is 2. The minimum atomic E-state index is -4.68. The SMILES string of the molecule is N#CC1(C(F)(F)F)C=CC=C(N)N1. The Labute approximate surface area is 72.3 Å². The molecule has 13 heavy (non-hydrogen) atoms. The first-order chi connectivity index (χ1) is 5.91. The fourth-order valence-electron chi connectivity index (χ4n) is 0.901. The number of nitriles is 1. The zero-order valence-corrected chi connectivity index (χ0v) is 6.39. The maximum absolute atomic E-state index is 12.4. The first-order valence-corrected chi connectivity index (χ1v) is 3.32. The fraction of sp³-hybridized carbons (Fsp3) is 0.286. The zero-order valence-electron chi connectivity index (χ0n) is 6.39. The molecule has 3 N–H and O–H groups in total. The Morgan fingerprint density at radius 1 is 1.54 bits per heavy atom. The summed E-state index contributed by atoms with van der Waals surface area (Å²) >= 11 is 0. The van der Waals surface area contributed by atoms with Crippen molar-refractivity contribution in [1.82, 2.24) is 5.32 Å². The first-order valence-electron chi connectivity index (χ1n) is 3.32. The van der Waals surface area contributed by atoms with E-state index in [-0.39, 0.29) is 5.82 Å². The van der Waals surface area contributed by atoms with Crippen LogP contribution in [-0.4, -0.2) is 11.7 Å². The number of nitrogens with one attached hydrogen (secondary N) is 1. The number of nitrogens with zero attached hydrogens (tertiary/aromatic N) is 1. The van der Waals surface area contributed by atoms with Crippen LogP contribution in [0.4, 0.5) is 13.2 Å². The van der Waals surface area contributed by atoms with Gasteiger partial charge in [0.05, 0.1) is 5.82 Å². The van der Waals surface area contributed by atoms with Gasteiger partial charge in [-0.2, -0.15) is 18.4 Å². The Bertz CT molecular complexity index is 310. The lowest BCUT2D eigenvalue weighted by Crippen LogP contribution is -2.55. The fourth-order valence-corrected chi connectivity index (χ4v) is 0.901. The number of rotatable bonds is 0. The summed E-state index contributed by atoms with van der Waals surface area (Å²) in [7, 11) is 0. The van der Waals surface area contributed by atoms with Gasteiger partial charge in [-0.25, -0.2) is 0 Å². The smallest absolute Gasteiger partial charge is 0.385 e. The van der Waals surface area contributed by atoms with Crippen molar-refractivity contribution < 1.29 is 13.2 Å². The minimum Gasteiger partial charge on any atom is -0.385 e. The summed E-state index contributed by atoms with van der Waals surface area (Å²) in [6.45, 7) is 0. The van der Waals surface area contributed by atoms with Gasteiger partial charge in [-0.15, -0.1) is 0 Å². The number of nitrogens with two attached hydrogens (primary N) is 1. The molecule has 0 bridgehead atoms. The van der Waals surface area contributed by atoms with Crippen LogP contribution in [-0.2, 0) is 0 Å². The lowest BCUT2D eigenvalue weighted by molar-refractivity contribution is -0.163. The van der Waals surface area contributed by atoms with Crippen LogP contribution in [0.15, 0.2) is 24.0 Å². The molecule has 3 nitrogen and oxygen atoms in total. The number of dihydropyridines is 1. The minimum absolute atomic E-state index is 0.179. The van der Waals surface area contributed by atoms with Crippen molar-refractivity contribution in [2.45, 2.75) is 11.7 Å². The number of hydrogen-bond acceptors (Lipinski definition) is 3. The van der Waals surface area contributed by atoms with E-state index in [1.165, 1.54) is 6.08 Å². The molecular formula is C7H6F3N3. The van der Waals surface area contributed by atoms with Crippen LogP contribution in [0.1, 0.15) is 0 Å². The molecule has 1 heterocycles. The predicted molar refractivity (Wildman–Crippen MR) is 38.9 cm³/mol. The van der Waals surface area contributed by atoms with Gasteiger partial charge in [-0.3, -0.25) is 0 Å². The average Bonchev–Trinajstić information content (AvgIpc) is 2.02.